The molecule has 0 N–H and O–H groups in total. The lowest BCUT2D eigenvalue weighted by Crippen LogP contribution is -2.44. The molecule has 2 aliphatic rings. The van der Waals surface area contributed by atoms with Crippen LogP contribution in [-0.4, -0.2) is 24.8 Å². The summed E-state index contributed by atoms with van der Waals surface area (Å²) in [4.78, 5) is 22.3. The van der Waals surface area contributed by atoms with Crippen LogP contribution in [0.4, 0.5) is 0 Å². The highest BCUT2D eigenvalue weighted by atomic mass is 16.7. The first-order valence-electron chi connectivity index (χ1n) is 7.22. The Morgan fingerprint density at radius 3 is 2.00 bits per heavy atom. The summed E-state index contributed by atoms with van der Waals surface area (Å²) < 4.78 is 15.0. The molecular formula is C17H20O5. The summed E-state index contributed by atoms with van der Waals surface area (Å²) in [5, 5.41) is 0. The monoisotopic (exact) mass is 304 g/mol. The van der Waals surface area contributed by atoms with Gasteiger partial charge in [-0.2, -0.15) is 0 Å². The molecule has 1 spiro atoms. The minimum Gasteiger partial charge on any atom is -0.497 e. The zero-order chi connectivity index (χ0) is 16.2. The van der Waals surface area contributed by atoms with Gasteiger partial charge in [0, 0.05) is 12.8 Å². The number of hydrogen-bond donors (Lipinski definition) is 0. The van der Waals surface area contributed by atoms with Crippen LogP contribution in [0.15, 0.2) is 36.4 Å². The summed E-state index contributed by atoms with van der Waals surface area (Å²) in [6, 6.07) is 7.96. The van der Waals surface area contributed by atoms with Gasteiger partial charge >= 0.3 is 11.9 Å². The molecule has 1 heterocycles. The number of methoxy groups -OCH3 is 1. The second-order valence-corrected chi connectivity index (χ2v) is 5.39. The zero-order valence-corrected chi connectivity index (χ0v) is 12.9. The second-order valence-electron chi connectivity index (χ2n) is 5.39. The predicted octanol–water partition coefficient (Wildman–Crippen LogP) is 2.92. The first-order valence-corrected chi connectivity index (χ1v) is 7.22. The Labute approximate surface area is 129 Å². The standard InChI is InChI=1S/C9H10O4.C8H10O/c1-6-7(10)12-9(13-8(6)11)4-2-3-5-9;1-7-3-5-8(9-2)6-4-7/h1-5H2;3-6H,1-2H3. The fourth-order valence-corrected chi connectivity index (χ4v) is 2.36. The van der Waals surface area contributed by atoms with Gasteiger partial charge in [0.1, 0.15) is 11.3 Å². The molecule has 1 saturated carbocycles. The number of esters is 2. The van der Waals surface area contributed by atoms with E-state index < -0.39 is 17.7 Å². The van der Waals surface area contributed by atoms with Gasteiger partial charge in [-0.3, -0.25) is 0 Å². The van der Waals surface area contributed by atoms with Gasteiger partial charge < -0.3 is 14.2 Å². The number of carbonyl (C=O) groups excluding carboxylic acids is 2. The fourth-order valence-electron chi connectivity index (χ4n) is 2.36. The van der Waals surface area contributed by atoms with Crippen molar-refractivity contribution in [1.29, 1.82) is 0 Å². The van der Waals surface area contributed by atoms with Gasteiger partial charge in [0.15, 0.2) is 0 Å². The zero-order valence-electron chi connectivity index (χ0n) is 12.9. The molecule has 0 amide bonds. The van der Waals surface area contributed by atoms with Crippen LogP contribution >= 0.6 is 0 Å². The van der Waals surface area contributed by atoms with Crippen LogP contribution in [0.25, 0.3) is 0 Å². The maximum atomic E-state index is 11.1. The summed E-state index contributed by atoms with van der Waals surface area (Å²) in [6.07, 6.45) is 3.07. The summed E-state index contributed by atoms with van der Waals surface area (Å²) in [5.74, 6) is -1.33. The lowest BCUT2D eigenvalue weighted by Gasteiger charge is -2.32. The number of benzene rings is 1. The molecule has 118 valence electrons. The normalized spacial score (nSPS) is 19.1. The van der Waals surface area contributed by atoms with E-state index in [9.17, 15) is 9.59 Å². The first-order chi connectivity index (χ1) is 10.5. The fraction of sp³-hybridized carbons (Fsp3) is 0.412. The Kier molecular flexibility index (Phi) is 4.85. The summed E-state index contributed by atoms with van der Waals surface area (Å²) in [7, 11) is 1.67. The van der Waals surface area contributed by atoms with Crippen molar-refractivity contribution in [3.8, 4) is 5.75 Å². The number of rotatable bonds is 1. The minimum absolute atomic E-state index is 0.211. The van der Waals surface area contributed by atoms with Crippen LogP contribution in [0.1, 0.15) is 31.2 Å². The van der Waals surface area contributed by atoms with E-state index in [0.29, 0.717) is 12.8 Å². The molecule has 1 aliphatic heterocycles. The van der Waals surface area contributed by atoms with E-state index >= 15 is 0 Å². The highest BCUT2D eigenvalue weighted by Gasteiger charge is 2.47. The molecule has 5 nitrogen and oxygen atoms in total. The van der Waals surface area contributed by atoms with E-state index in [4.69, 9.17) is 14.2 Å². The van der Waals surface area contributed by atoms with E-state index in [2.05, 4.69) is 13.5 Å². The molecule has 0 atom stereocenters. The maximum absolute atomic E-state index is 11.1. The molecule has 2 fully saturated rings. The number of hydrogen-bond acceptors (Lipinski definition) is 5. The van der Waals surface area contributed by atoms with Crippen molar-refractivity contribution in [3.63, 3.8) is 0 Å². The molecule has 3 rings (SSSR count). The molecule has 1 aromatic rings. The smallest absolute Gasteiger partial charge is 0.348 e. The van der Waals surface area contributed by atoms with Crippen LogP contribution in [0.5, 0.6) is 5.75 Å². The van der Waals surface area contributed by atoms with E-state index in [-0.39, 0.29) is 5.57 Å². The van der Waals surface area contributed by atoms with Crippen LogP contribution in [0, 0.1) is 6.92 Å². The predicted molar refractivity (Wildman–Crippen MR) is 80.3 cm³/mol. The Balaban J connectivity index is 0.000000172. The van der Waals surface area contributed by atoms with E-state index in [1.54, 1.807) is 7.11 Å². The molecule has 0 aromatic heterocycles. The summed E-state index contributed by atoms with van der Waals surface area (Å²) >= 11 is 0. The summed E-state index contributed by atoms with van der Waals surface area (Å²) in [5.41, 5.74) is 1.05. The molecule has 1 saturated heterocycles. The third-order valence-electron chi connectivity index (χ3n) is 3.67. The lowest BCUT2D eigenvalue weighted by molar-refractivity contribution is -0.232. The molecule has 22 heavy (non-hydrogen) atoms. The Bertz CT molecular complexity index is 545. The molecule has 1 aliphatic carbocycles. The average Bonchev–Trinajstić information content (AvgIpc) is 2.94. The first kappa shape index (κ1) is 16.1. The molecule has 0 bridgehead atoms. The quantitative estimate of drug-likeness (QED) is 0.453. The van der Waals surface area contributed by atoms with Crippen molar-refractivity contribution < 1.29 is 23.8 Å². The van der Waals surface area contributed by atoms with Crippen molar-refractivity contribution in [3.05, 3.63) is 42.0 Å². The highest BCUT2D eigenvalue weighted by molar-refractivity contribution is 6.14. The SMILES string of the molecule is C=C1C(=O)OC2(CCCC2)OC1=O.COc1ccc(C)cc1. The van der Waals surface area contributed by atoms with E-state index in [1.165, 1.54) is 5.56 Å². The topological polar surface area (TPSA) is 61.8 Å². The van der Waals surface area contributed by atoms with Gasteiger partial charge in [0.2, 0.25) is 0 Å². The number of aryl methyl sites for hydroxylation is 1. The maximum Gasteiger partial charge on any atom is 0.348 e. The summed E-state index contributed by atoms with van der Waals surface area (Å²) in [6.45, 7) is 5.34. The average molecular weight is 304 g/mol. The van der Waals surface area contributed by atoms with Crippen LogP contribution in [0.2, 0.25) is 0 Å². The molecule has 1 aromatic carbocycles. The minimum atomic E-state index is -0.963. The van der Waals surface area contributed by atoms with E-state index in [1.807, 2.05) is 24.3 Å². The Morgan fingerprint density at radius 2 is 1.55 bits per heavy atom. The second kappa shape index (κ2) is 6.64. The Hall–Kier alpha value is -2.30. The van der Waals surface area contributed by atoms with Gasteiger partial charge in [0.05, 0.1) is 7.11 Å². The third-order valence-corrected chi connectivity index (χ3v) is 3.67. The third kappa shape index (κ3) is 3.67. The molecular weight excluding hydrogens is 284 g/mol. The van der Waals surface area contributed by atoms with Gasteiger partial charge in [-0.1, -0.05) is 24.3 Å². The van der Waals surface area contributed by atoms with Gasteiger partial charge in [-0.05, 0) is 31.9 Å². The van der Waals surface area contributed by atoms with Crippen molar-refractivity contribution in [2.24, 2.45) is 0 Å². The van der Waals surface area contributed by atoms with Crippen molar-refractivity contribution >= 4 is 11.9 Å². The van der Waals surface area contributed by atoms with Gasteiger partial charge in [0.25, 0.3) is 5.79 Å². The van der Waals surface area contributed by atoms with Crippen molar-refractivity contribution in [2.45, 2.75) is 38.4 Å². The van der Waals surface area contributed by atoms with Crippen molar-refractivity contribution in [1.82, 2.24) is 0 Å². The number of carbonyl (C=O) groups is 2. The van der Waals surface area contributed by atoms with Gasteiger partial charge in [-0.25, -0.2) is 9.59 Å². The Morgan fingerprint density at radius 1 is 1.05 bits per heavy atom. The number of ether oxygens (including phenoxy) is 3. The molecule has 5 heteroatoms. The highest BCUT2D eigenvalue weighted by Crippen LogP contribution is 2.37. The lowest BCUT2D eigenvalue weighted by atomic mass is 10.2. The van der Waals surface area contributed by atoms with E-state index in [0.717, 1.165) is 18.6 Å². The molecule has 0 radical (unpaired) electrons. The van der Waals surface area contributed by atoms with Crippen LogP contribution < -0.4 is 4.74 Å². The largest absolute Gasteiger partial charge is 0.497 e. The van der Waals surface area contributed by atoms with Crippen LogP contribution in [-0.2, 0) is 19.1 Å². The van der Waals surface area contributed by atoms with Crippen molar-refractivity contribution in [2.75, 3.05) is 7.11 Å². The molecule has 0 unspecified atom stereocenters. The van der Waals surface area contributed by atoms with Gasteiger partial charge in [-0.15, -0.1) is 0 Å². The van der Waals surface area contributed by atoms with Crippen LogP contribution in [0.3, 0.4) is 0 Å².